The number of pyridine rings is 1. The zero-order chi connectivity index (χ0) is 20.8. The second kappa shape index (κ2) is 7.09. The molecule has 0 N–H and O–H groups in total. The second-order valence-corrected chi connectivity index (χ2v) is 8.53. The van der Waals surface area contributed by atoms with Crippen LogP contribution >= 0.6 is 0 Å². The van der Waals surface area contributed by atoms with Crippen molar-refractivity contribution in [2.75, 3.05) is 31.1 Å². The molecule has 1 fully saturated rings. The summed E-state index contributed by atoms with van der Waals surface area (Å²) in [5, 5.41) is 8.99. The molecule has 8 nitrogen and oxygen atoms in total. The van der Waals surface area contributed by atoms with Crippen LogP contribution in [0.25, 0.3) is 16.6 Å². The van der Waals surface area contributed by atoms with Crippen molar-refractivity contribution in [3.05, 3.63) is 36.4 Å². The van der Waals surface area contributed by atoms with Crippen LogP contribution in [0, 0.1) is 6.92 Å². The monoisotopic (exact) mass is 396 g/mol. The lowest BCUT2D eigenvalue weighted by atomic mass is 10.1. The number of ether oxygens (including phenoxy) is 1. The van der Waals surface area contributed by atoms with Crippen LogP contribution < -0.4 is 4.90 Å². The van der Waals surface area contributed by atoms with Gasteiger partial charge in [0.2, 0.25) is 0 Å². The summed E-state index contributed by atoms with van der Waals surface area (Å²) in [6.45, 7) is 10.5. The molecule has 1 saturated heterocycles. The van der Waals surface area contributed by atoms with Crippen LogP contribution in [0.1, 0.15) is 26.5 Å². The molecule has 29 heavy (non-hydrogen) atoms. The van der Waals surface area contributed by atoms with Gasteiger partial charge in [-0.1, -0.05) is 6.07 Å². The predicted molar refractivity (Wildman–Crippen MR) is 112 cm³/mol. The molecule has 1 aliphatic rings. The SMILES string of the molecule is Cc1nn(C)cc1-c1ccc2c(N3CCN(C(=O)OC(C)(C)C)CC3)cnn2c1. The molecule has 1 aliphatic heterocycles. The standard InChI is InChI=1S/C21H28N6O2/c1-15-17(14-24(5)23-15)16-6-7-18-19(12-22-27(18)13-16)25-8-10-26(11-9-25)20(28)29-21(2,3)4/h6-7,12-14H,8-11H2,1-5H3. The van der Waals surface area contributed by atoms with Crippen LogP contribution in [-0.2, 0) is 11.8 Å². The van der Waals surface area contributed by atoms with Crippen molar-refractivity contribution >= 4 is 17.3 Å². The Kier molecular flexibility index (Phi) is 4.72. The highest BCUT2D eigenvalue weighted by Gasteiger charge is 2.27. The number of aromatic nitrogens is 4. The number of carbonyl (C=O) groups excluding carboxylic acids is 1. The number of fused-ring (bicyclic) bond motifs is 1. The molecule has 154 valence electrons. The fraction of sp³-hybridized carbons (Fsp3) is 0.476. The molecule has 1 amide bonds. The molecule has 0 radical (unpaired) electrons. The number of amides is 1. The first-order valence-corrected chi connectivity index (χ1v) is 9.92. The summed E-state index contributed by atoms with van der Waals surface area (Å²) in [6.07, 6.45) is 5.73. The van der Waals surface area contributed by atoms with Gasteiger partial charge < -0.3 is 14.5 Å². The zero-order valence-electron chi connectivity index (χ0n) is 17.7. The Morgan fingerprint density at radius 1 is 1.10 bits per heavy atom. The number of nitrogens with zero attached hydrogens (tertiary/aromatic N) is 6. The maximum atomic E-state index is 12.3. The van der Waals surface area contributed by atoms with Gasteiger partial charge in [-0.05, 0) is 33.8 Å². The van der Waals surface area contributed by atoms with Crippen molar-refractivity contribution in [3.8, 4) is 11.1 Å². The Hall–Kier alpha value is -3.03. The van der Waals surface area contributed by atoms with Gasteiger partial charge in [0.15, 0.2) is 0 Å². The third-order valence-electron chi connectivity index (χ3n) is 5.09. The molecule has 3 aromatic heterocycles. The Morgan fingerprint density at radius 3 is 2.45 bits per heavy atom. The molecular weight excluding hydrogens is 368 g/mol. The number of hydrogen-bond acceptors (Lipinski definition) is 5. The molecular formula is C21H28N6O2. The highest BCUT2D eigenvalue weighted by molar-refractivity contribution is 5.76. The minimum atomic E-state index is -0.471. The Morgan fingerprint density at radius 2 is 1.83 bits per heavy atom. The summed E-state index contributed by atoms with van der Waals surface area (Å²) >= 11 is 0. The highest BCUT2D eigenvalue weighted by atomic mass is 16.6. The maximum Gasteiger partial charge on any atom is 0.410 e. The quantitative estimate of drug-likeness (QED) is 0.666. The van der Waals surface area contributed by atoms with E-state index in [1.54, 1.807) is 4.90 Å². The Bertz CT molecular complexity index is 1040. The molecule has 0 aliphatic carbocycles. The van der Waals surface area contributed by atoms with Crippen molar-refractivity contribution in [3.63, 3.8) is 0 Å². The molecule has 3 aromatic rings. The molecule has 0 aromatic carbocycles. The summed E-state index contributed by atoms with van der Waals surface area (Å²) in [5.41, 5.74) is 4.87. The van der Waals surface area contributed by atoms with Gasteiger partial charge in [0.1, 0.15) is 5.60 Å². The van der Waals surface area contributed by atoms with Crippen molar-refractivity contribution in [2.24, 2.45) is 7.05 Å². The van der Waals surface area contributed by atoms with Crippen LogP contribution in [-0.4, -0.2) is 62.2 Å². The van der Waals surface area contributed by atoms with Crippen LogP contribution in [0.5, 0.6) is 0 Å². The molecule has 0 bridgehead atoms. The van der Waals surface area contributed by atoms with E-state index in [4.69, 9.17) is 4.74 Å². The topological polar surface area (TPSA) is 67.9 Å². The van der Waals surface area contributed by atoms with Gasteiger partial charge in [0, 0.05) is 56.7 Å². The van der Waals surface area contributed by atoms with Gasteiger partial charge in [-0.2, -0.15) is 10.2 Å². The molecule has 8 heteroatoms. The van der Waals surface area contributed by atoms with Crippen molar-refractivity contribution in [2.45, 2.75) is 33.3 Å². The van der Waals surface area contributed by atoms with E-state index in [2.05, 4.69) is 27.2 Å². The van der Waals surface area contributed by atoms with Crippen LogP contribution in [0.2, 0.25) is 0 Å². The van der Waals surface area contributed by atoms with Gasteiger partial charge in [0.05, 0.1) is 23.1 Å². The maximum absolute atomic E-state index is 12.3. The Balaban J connectivity index is 1.50. The first kappa shape index (κ1) is 19.3. The second-order valence-electron chi connectivity index (χ2n) is 8.53. The van der Waals surface area contributed by atoms with Gasteiger partial charge in [-0.3, -0.25) is 4.68 Å². The lowest BCUT2D eigenvalue weighted by Gasteiger charge is -2.36. The van der Waals surface area contributed by atoms with Crippen molar-refractivity contribution in [1.82, 2.24) is 24.3 Å². The van der Waals surface area contributed by atoms with E-state index < -0.39 is 5.60 Å². The predicted octanol–water partition coefficient (Wildman–Crippen LogP) is 3.10. The van der Waals surface area contributed by atoms with E-state index in [9.17, 15) is 4.79 Å². The Labute approximate surface area is 170 Å². The molecule has 0 atom stereocenters. The normalized spacial score (nSPS) is 15.2. The summed E-state index contributed by atoms with van der Waals surface area (Å²) in [7, 11) is 1.93. The summed E-state index contributed by atoms with van der Waals surface area (Å²) in [6, 6.07) is 4.21. The fourth-order valence-electron chi connectivity index (χ4n) is 3.71. The van der Waals surface area contributed by atoms with Crippen LogP contribution in [0.15, 0.2) is 30.7 Å². The minimum absolute atomic E-state index is 0.242. The van der Waals surface area contributed by atoms with Crippen LogP contribution in [0.4, 0.5) is 10.5 Å². The van der Waals surface area contributed by atoms with E-state index >= 15 is 0 Å². The van der Waals surface area contributed by atoms with Crippen LogP contribution in [0.3, 0.4) is 0 Å². The third kappa shape index (κ3) is 3.92. The van der Waals surface area contributed by atoms with Gasteiger partial charge >= 0.3 is 6.09 Å². The smallest absolute Gasteiger partial charge is 0.410 e. The van der Waals surface area contributed by atoms with Crippen molar-refractivity contribution < 1.29 is 9.53 Å². The molecule has 0 saturated carbocycles. The van der Waals surface area contributed by atoms with E-state index in [0.29, 0.717) is 13.1 Å². The first-order valence-electron chi connectivity index (χ1n) is 9.92. The van der Waals surface area contributed by atoms with Crippen molar-refractivity contribution in [1.29, 1.82) is 0 Å². The van der Waals surface area contributed by atoms with E-state index in [-0.39, 0.29) is 6.09 Å². The number of piperazine rings is 1. The summed E-state index contributed by atoms with van der Waals surface area (Å²) < 4.78 is 9.23. The summed E-state index contributed by atoms with van der Waals surface area (Å²) in [5.74, 6) is 0. The zero-order valence-corrected chi connectivity index (χ0v) is 17.7. The number of carbonyl (C=O) groups is 1. The number of hydrogen-bond donors (Lipinski definition) is 0. The highest BCUT2D eigenvalue weighted by Crippen LogP contribution is 2.27. The number of aryl methyl sites for hydroxylation is 2. The average Bonchev–Trinajstić information content (AvgIpc) is 3.22. The fourth-order valence-corrected chi connectivity index (χ4v) is 3.71. The van der Waals surface area contributed by atoms with E-state index in [0.717, 1.165) is 41.1 Å². The summed E-state index contributed by atoms with van der Waals surface area (Å²) in [4.78, 5) is 16.3. The third-order valence-corrected chi connectivity index (χ3v) is 5.09. The molecule has 4 rings (SSSR count). The lowest BCUT2D eigenvalue weighted by Crippen LogP contribution is -2.50. The van der Waals surface area contributed by atoms with E-state index in [1.807, 2.05) is 62.5 Å². The van der Waals surface area contributed by atoms with E-state index in [1.165, 1.54) is 0 Å². The average molecular weight is 396 g/mol. The molecule has 4 heterocycles. The van der Waals surface area contributed by atoms with Gasteiger partial charge in [0.25, 0.3) is 0 Å². The largest absolute Gasteiger partial charge is 0.444 e. The molecule has 0 unspecified atom stereocenters. The molecule has 0 spiro atoms. The first-order chi connectivity index (χ1) is 13.7. The minimum Gasteiger partial charge on any atom is -0.444 e. The van der Waals surface area contributed by atoms with Gasteiger partial charge in [-0.25, -0.2) is 9.31 Å². The number of rotatable bonds is 2. The number of anilines is 1. The van der Waals surface area contributed by atoms with Gasteiger partial charge in [-0.15, -0.1) is 0 Å². The lowest BCUT2D eigenvalue weighted by molar-refractivity contribution is 0.0240.